The Bertz CT molecular complexity index is 352. The zero-order valence-corrected chi connectivity index (χ0v) is 10.2. The number of ether oxygens (including phenoxy) is 1. The molecule has 2 N–H and O–H groups in total. The first-order valence-corrected chi connectivity index (χ1v) is 5.44. The lowest BCUT2D eigenvalue weighted by Gasteiger charge is -2.10. The van der Waals surface area contributed by atoms with Gasteiger partial charge in [0.25, 0.3) is 0 Å². The highest BCUT2D eigenvalue weighted by Gasteiger charge is 2.29. The quantitative estimate of drug-likeness (QED) is 0.762. The average Bonchev–Trinajstić information content (AvgIpc) is 2.32. The van der Waals surface area contributed by atoms with Crippen LogP contribution in [-0.2, 0) is 9.53 Å². The van der Waals surface area contributed by atoms with Crippen molar-refractivity contribution in [3.8, 4) is 6.07 Å². The summed E-state index contributed by atoms with van der Waals surface area (Å²) in [5.74, 6) is -0.482. The molecule has 0 spiro atoms. The number of alkyl halides is 3. The molecule has 9 heteroatoms. The number of nitriles is 1. The molecule has 19 heavy (non-hydrogen) atoms. The molecule has 0 fully saturated rings. The Morgan fingerprint density at radius 2 is 2.05 bits per heavy atom. The summed E-state index contributed by atoms with van der Waals surface area (Å²) in [6.45, 7) is -0.150. The molecule has 108 valence electrons. The van der Waals surface area contributed by atoms with Crippen LogP contribution >= 0.6 is 0 Å². The molecule has 6 nitrogen and oxygen atoms in total. The van der Waals surface area contributed by atoms with Crippen LogP contribution in [0.5, 0.6) is 0 Å². The summed E-state index contributed by atoms with van der Waals surface area (Å²) in [7, 11) is 0. The fraction of sp³-hybridized carbons (Fsp3) is 0.700. The molecule has 0 aliphatic carbocycles. The van der Waals surface area contributed by atoms with Gasteiger partial charge in [-0.25, -0.2) is 4.79 Å². The van der Waals surface area contributed by atoms with Gasteiger partial charge in [-0.2, -0.15) is 18.4 Å². The lowest BCUT2D eigenvalue weighted by Crippen LogP contribution is -2.36. The van der Waals surface area contributed by atoms with Crippen molar-refractivity contribution < 1.29 is 27.5 Å². The van der Waals surface area contributed by atoms with Gasteiger partial charge in [-0.05, 0) is 6.42 Å². The van der Waals surface area contributed by atoms with E-state index in [0.29, 0.717) is 6.42 Å². The first-order chi connectivity index (χ1) is 8.78. The standard InChI is InChI=1S/C10H14F3N3O3/c1-2-7(5-14)16-8(17)3-4-15-9(18)19-6-10(11,12)13/h7H,2-4,6H2,1H3,(H,15,18)(H,16,17)/t7-/m0/s1. The van der Waals surface area contributed by atoms with E-state index in [-0.39, 0.29) is 13.0 Å². The highest BCUT2D eigenvalue weighted by Crippen LogP contribution is 2.14. The maximum atomic E-state index is 11.7. The van der Waals surface area contributed by atoms with Crippen LogP contribution in [0.4, 0.5) is 18.0 Å². The van der Waals surface area contributed by atoms with Crippen LogP contribution < -0.4 is 10.6 Å². The number of carbonyl (C=O) groups is 2. The molecule has 0 saturated carbocycles. The normalized spacial score (nSPS) is 12.2. The van der Waals surface area contributed by atoms with E-state index in [1.54, 1.807) is 6.92 Å². The second-order valence-electron chi connectivity index (χ2n) is 3.53. The number of carbonyl (C=O) groups excluding carboxylic acids is 2. The molecule has 0 radical (unpaired) electrons. The molecule has 0 heterocycles. The SMILES string of the molecule is CC[C@@H](C#N)NC(=O)CCNC(=O)OCC(F)(F)F. The topological polar surface area (TPSA) is 91.2 Å². The van der Waals surface area contributed by atoms with Gasteiger partial charge in [-0.1, -0.05) is 6.92 Å². The van der Waals surface area contributed by atoms with Crippen LogP contribution in [0, 0.1) is 11.3 Å². The molecule has 0 aliphatic heterocycles. The van der Waals surface area contributed by atoms with Gasteiger partial charge in [0, 0.05) is 13.0 Å². The number of nitrogens with one attached hydrogen (secondary N) is 2. The van der Waals surface area contributed by atoms with E-state index in [0.717, 1.165) is 0 Å². The van der Waals surface area contributed by atoms with E-state index in [1.807, 2.05) is 11.4 Å². The van der Waals surface area contributed by atoms with Crippen molar-refractivity contribution >= 4 is 12.0 Å². The third kappa shape index (κ3) is 9.70. The van der Waals surface area contributed by atoms with Crippen molar-refractivity contribution in [2.24, 2.45) is 0 Å². The average molecular weight is 281 g/mol. The summed E-state index contributed by atoms with van der Waals surface area (Å²) in [4.78, 5) is 22.0. The van der Waals surface area contributed by atoms with Crippen LogP contribution in [0.1, 0.15) is 19.8 Å². The van der Waals surface area contributed by atoms with Crippen LogP contribution in [-0.4, -0.2) is 37.4 Å². The van der Waals surface area contributed by atoms with E-state index in [4.69, 9.17) is 5.26 Å². The highest BCUT2D eigenvalue weighted by atomic mass is 19.4. The van der Waals surface area contributed by atoms with Gasteiger partial charge in [0.2, 0.25) is 5.91 Å². The third-order valence-electron chi connectivity index (χ3n) is 1.89. The molecule has 0 aromatic heterocycles. The molecular formula is C10H14F3N3O3. The predicted octanol–water partition coefficient (Wildman–Crippen LogP) is 1.08. The monoisotopic (exact) mass is 281 g/mol. The number of rotatable bonds is 6. The van der Waals surface area contributed by atoms with Crippen LogP contribution in [0.2, 0.25) is 0 Å². The minimum absolute atomic E-state index is 0.153. The summed E-state index contributed by atoms with van der Waals surface area (Å²) in [5.41, 5.74) is 0. The number of amides is 2. The number of nitrogens with zero attached hydrogens (tertiary/aromatic N) is 1. The van der Waals surface area contributed by atoms with E-state index < -0.39 is 30.8 Å². The molecule has 0 aromatic rings. The Labute approximate surface area is 107 Å². The minimum atomic E-state index is -4.59. The second kappa shape index (κ2) is 8.18. The van der Waals surface area contributed by atoms with Gasteiger partial charge in [0.05, 0.1) is 6.07 Å². The fourth-order valence-electron chi connectivity index (χ4n) is 0.969. The molecule has 0 bridgehead atoms. The fourth-order valence-corrected chi connectivity index (χ4v) is 0.969. The first kappa shape index (κ1) is 17.0. The number of hydrogen-bond acceptors (Lipinski definition) is 4. The maximum absolute atomic E-state index is 11.7. The Kier molecular flexibility index (Phi) is 7.33. The zero-order valence-electron chi connectivity index (χ0n) is 10.2. The molecule has 0 saturated heterocycles. The van der Waals surface area contributed by atoms with Gasteiger partial charge in [0.1, 0.15) is 6.04 Å². The highest BCUT2D eigenvalue weighted by molar-refractivity contribution is 5.77. The number of alkyl carbamates (subject to hydrolysis) is 1. The Balaban J connectivity index is 3.76. The van der Waals surface area contributed by atoms with E-state index in [2.05, 4.69) is 10.1 Å². The van der Waals surface area contributed by atoms with Gasteiger partial charge in [0.15, 0.2) is 6.61 Å². The van der Waals surface area contributed by atoms with Crippen molar-refractivity contribution in [2.75, 3.05) is 13.2 Å². The zero-order chi connectivity index (χ0) is 14.9. The summed E-state index contributed by atoms with van der Waals surface area (Å²) < 4.78 is 38.9. The molecule has 0 aromatic carbocycles. The number of hydrogen-bond donors (Lipinski definition) is 2. The Hall–Kier alpha value is -1.98. The molecule has 2 amide bonds. The Morgan fingerprint density at radius 1 is 1.42 bits per heavy atom. The van der Waals surface area contributed by atoms with Gasteiger partial charge >= 0.3 is 12.3 Å². The predicted molar refractivity (Wildman–Crippen MR) is 57.9 cm³/mol. The molecule has 0 rings (SSSR count). The molecule has 1 atom stereocenters. The largest absolute Gasteiger partial charge is 0.440 e. The summed E-state index contributed by atoms with van der Waals surface area (Å²) in [6.07, 6.45) is -5.56. The smallest absolute Gasteiger partial charge is 0.422 e. The van der Waals surface area contributed by atoms with Crippen molar-refractivity contribution in [1.82, 2.24) is 10.6 Å². The van der Waals surface area contributed by atoms with Crippen LogP contribution in [0.3, 0.4) is 0 Å². The van der Waals surface area contributed by atoms with Crippen molar-refractivity contribution in [3.63, 3.8) is 0 Å². The van der Waals surface area contributed by atoms with E-state index >= 15 is 0 Å². The van der Waals surface area contributed by atoms with Gasteiger partial charge < -0.3 is 15.4 Å². The summed E-state index contributed by atoms with van der Waals surface area (Å²) in [5, 5.41) is 12.9. The van der Waals surface area contributed by atoms with Gasteiger partial charge in [-0.3, -0.25) is 4.79 Å². The lowest BCUT2D eigenvalue weighted by atomic mass is 10.2. The molecule has 0 unspecified atom stereocenters. The third-order valence-corrected chi connectivity index (χ3v) is 1.89. The summed E-state index contributed by atoms with van der Waals surface area (Å²) >= 11 is 0. The van der Waals surface area contributed by atoms with E-state index in [1.165, 1.54) is 0 Å². The van der Waals surface area contributed by atoms with Crippen molar-refractivity contribution in [3.05, 3.63) is 0 Å². The molecular weight excluding hydrogens is 267 g/mol. The maximum Gasteiger partial charge on any atom is 0.422 e. The van der Waals surface area contributed by atoms with Crippen LogP contribution in [0.15, 0.2) is 0 Å². The summed E-state index contributed by atoms with van der Waals surface area (Å²) in [6, 6.07) is 1.23. The Morgan fingerprint density at radius 3 is 2.53 bits per heavy atom. The van der Waals surface area contributed by atoms with E-state index in [9.17, 15) is 22.8 Å². The number of halogens is 3. The van der Waals surface area contributed by atoms with Crippen LogP contribution in [0.25, 0.3) is 0 Å². The molecule has 0 aliphatic rings. The van der Waals surface area contributed by atoms with Gasteiger partial charge in [-0.15, -0.1) is 0 Å². The lowest BCUT2D eigenvalue weighted by molar-refractivity contribution is -0.160. The minimum Gasteiger partial charge on any atom is -0.440 e. The first-order valence-electron chi connectivity index (χ1n) is 5.44. The van der Waals surface area contributed by atoms with Crippen molar-refractivity contribution in [1.29, 1.82) is 5.26 Å². The second-order valence-corrected chi connectivity index (χ2v) is 3.53. The van der Waals surface area contributed by atoms with Crippen molar-refractivity contribution in [2.45, 2.75) is 32.0 Å².